The molecular formula is C22H30N2O. The molecule has 134 valence electrons. The maximum Gasteiger partial charge on any atom is 0.0574 e. The lowest BCUT2D eigenvalue weighted by Crippen LogP contribution is -2.37. The van der Waals surface area contributed by atoms with Crippen LogP contribution in [0.4, 0.5) is 0 Å². The number of aliphatic hydroxyl groups is 1. The summed E-state index contributed by atoms with van der Waals surface area (Å²) in [6, 6.07) is 15.6. The molecule has 4 atom stereocenters. The van der Waals surface area contributed by atoms with Gasteiger partial charge in [-0.2, -0.15) is 0 Å². The summed E-state index contributed by atoms with van der Waals surface area (Å²) in [6.07, 6.45) is 5.40. The number of hydrogen-bond donors (Lipinski definition) is 2. The van der Waals surface area contributed by atoms with Crippen molar-refractivity contribution < 1.29 is 5.11 Å². The Labute approximate surface area is 150 Å². The zero-order valence-corrected chi connectivity index (χ0v) is 15.0. The molecule has 3 nitrogen and oxygen atoms in total. The lowest BCUT2D eigenvalue weighted by Gasteiger charge is -2.37. The molecule has 1 heterocycles. The van der Waals surface area contributed by atoms with Crippen molar-refractivity contribution >= 4 is 10.8 Å². The van der Waals surface area contributed by atoms with Crippen LogP contribution in [0.3, 0.4) is 0 Å². The molecule has 0 radical (unpaired) electrons. The van der Waals surface area contributed by atoms with Gasteiger partial charge in [0.2, 0.25) is 0 Å². The molecule has 2 fully saturated rings. The van der Waals surface area contributed by atoms with Gasteiger partial charge in [-0.25, -0.2) is 0 Å². The fourth-order valence-electron chi connectivity index (χ4n) is 4.95. The second kappa shape index (κ2) is 7.45. The molecule has 3 heteroatoms. The summed E-state index contributed by atoms with van der Waals surface area (Å²) in [6.45, 7) is 3.10. The number of benzene rings is 2. The largest absolute Gasteiger partial charge is 0.393 e. The molecule has 1 saturated carbocycles. The molecule has 1 aliphatic carbocycles. The number of aliphatic hydroxyl groups excluding tert-OH is 1. The summed E-state index contributed by atoms with van der Waals surface area (Å²) in [7, 11) is 0. The predicted octanol–water partition coefficient (Wildman–Crippen LogP) is 3.51. The lowest BCUT2D eigenvalue weighted by molar-refractivity contribution is 0.0479. The van der Waals surface area contributed by atoms with Gasteiger partial charge < -0.3 is 15.7 Å². The van der Waals surface area contributed by atoms with Crippen LogP contribution in [0, 0.1) is 5.92 Å². The molecule has 3 unspecified atom stereocenters. The molecule has 25 heavy (non-hydrogen) atoms. The Morgan fingerprint density at radius 3 is 2.64 bits per heavy atom. The first-order valence-corrected chi connectivity index (χ1v) is 9.86. The fourth-order valence-corrected chi connectivity index (χ4v) is 4.95. The molecule has 4 rings (SSSR count). The maximum atomic E-state index is 10.8. The van der Waals surface area contributed by atoms with Gasteiger partial charge >= 0.3 is 0 Å². The molecule has 2 aromatic carbocycles. The van der Waals surface area contributed by atoms with Gasteiger partial charge in [0.25, 0.3) is 0 Å². The Morgan fingerprint density at radius 1 is 1.04 bits per heavy atom. The van der Waals surface area contributed by atoms with Gasteiger partial charge in [0.15, 0.2) is 0 Å². The van der Waals surface area contributed by atoms with E-state index in [-0.39, 0.29) is 6.10 Å². The van der Waals surface area contributed by atoms with Gasteiger partial charge in [0, 0.05) is 25.0 Å². The normalized spacial score (nSPS) is 29.1. The van der Waals surface area contributed by atoms with E-state index in [2.05, 4.69) is 47.4 Å². The van der Waals surface area contributed by atoms with E-state index in [1.165, 1.54) is 22.8 Å². The number of rotatable bonds is 4. The van der Waals surface area contributed by atoms with Crippen LogP contribution in [-0.2, 0) is 0 Å². The highest BCUT2D eigenvalue weighted by Gasteiger charge is 2.34. The van der Waals surface area contributed by atoms with E-state index < -0.39 is 0 Å². The van der Waals surface area contributed by atoms with Gasteiger partial charge in [0.1, 0.15) is 0 Å². The number of likely N-dealkylation sites (tertiary alicyclic amines) is 1. The van der Waals surface area contributed by atoms with Crippen LogP contribution in [0.2, 0.25) is 0 Å². The highest BCUT2D eigenvalue weighted by molar-refractivity contribution is 5.86. The standard InChI is InChI=1S/C22H30N2O/c23-17-12-13-24(14-17)15-21(20-9-3-4-11-22(20)25)19-10-5-7-16-6-1-2-8-18(16)19/h1-2,5-8,10,17,20-22,25H,3-4,9,11-15,23H2/t17-,20?,21?,22?/m0/s1. The Morgan fingerprint density at radius 2 is 1.84 bits per heavy atom. The third-order valence-corrected chi connectivity index (χ3v) is 6.28. The molecule has 2 aliphatic rings. The summed E-state index contributed by atoms with van der Waals surface area (Å²) in [4.78, 5) is 2.51. The summed E-state index contributed by atoms with van der Waals surface area (Å²) < 4.78 is 0. The molecular weight excluding hydrogens is 308 g/mol. The minimum Gasteiger partial charge on any atom is -0.393 e. The highest BCUT2D eigenvalue weighted by Crippen LogP contribution is 2.39. The minimum atomic E-state index is -0.172. The summed E-state index contributed by atoms with van der Waals surface area (Å²) in [5.41, 5.74) is 7.55. The van der Waals surface area contributed by atoms with Crippen LogP contribution >= 0.6 is 0 Å². The Kier molecular flexibility index (Phi) is 5.07. The van der Waals surface area contributed by atoms with Crippen molar-refractivity contribution in [2.45, 2.75) is 50.2 Å². The summed E-state index contributed by atoms with van der Waals surface area (Å²) >= 11 is 0. The molecule has 3 N–H and O–H groups in total. The summed E-state index contributed by atoms with van der Waals surface area (Å²) in [5.74, 6) is 0.739. The van der Waals surface area contributed by atoms with E-state index in [9.17, 15) is 5.11 Å². The quantitative estimate of drug-likeness (QED) is 0.897. The van der Waals surface area contributed by atoms with Gasteiger partial charge in [-0.3, -0.25) is 0 Å². The van der Waals surface area contributed by atoms with Crippen molar-refractivity contribution in [2.75, 3.05) is 19.6 Å². The molecule has 1 saturated heterocycles. The van der Waals surface area contributed by atoms with Crippen LogP contribution in [-0.4, -0.2) is 41.8 Å². The Hall–Kier alpha value is -1.42. The van der Waals surface area contributed by atoms with Crippen molar-refractivity contribution in [3.63, 3.8) is 0 Å². The second-order valence-electron chi connectivity index (χ2n) is 8.00. The molecule has 0 amide bonds. The number of fused-ring (bicyclic) bond motifs is 1. The average molecular weight is 338 g/mol. The van der Waals surface area contributed by atoms with E-state index in [0.29, 0.717) is 17.9 Å². The van der Waals surface area contributed by atoms with Crippen molar-refractivity contribution in [3.05, 3.63) is 48.0 Å². The number of hydrogen-bond acceptors (Lipinski definition) is 3. The minimum absolute atomic E-state index is 0.172. The van der Waals surface area contributed by atoms with Crippen LogP contribution in [0.1, 0.15) is 43.6 Å². The van der Waals surface area contributed by atoms with Gasteiger partial charge in [-0.05, 0) is 48.1 Å². The van der Waals surface area contributed by atoms with Crippen LogP contribution in [0.25, 0.3) is 10.8 Å². The van der Waals surface area contributed by atoms with Crippen LogP contribution in [0.15, 0.2) is 42.5 Å². The van der Waals surface area contributed by atoms with Crippen molar-refractivity contribution in [1.82, 2.24) is 4.90 Å². The van der Waals surface area contributed by atoms with Gasteiger partial charge in [-0.1, -0.05) is 55.3 Å². The van der Waals surface area contributed by atoms with Gasteiger partial charge in [0.05, 0.1) is 6.10 Å². The van der Waals surface area contributed by atoms with Crippen LogP contribution < -0.4 is 5.73 Å². The molecule has 2 aromatic rings. The molecule has 0 spiro atoms. The molecule has 0 bridgehead atoms. The van der Waals surface area contributed by atoms with Crippen LogP contribution in [0.5, 0.6) is 0 Å². The zero-order chi connectivity index (χ0) is 17.2. The van der Waals surface area contributed by atoms with E-state index in [1.807, 2.05) is 0 Å². The zero-order valence-electron chi connectivity index (χ0n) is 15.0. The third kappa shape index (κ3) is 3.59. The second-order valence-corrected chi connectivity index (χ2v) is 8.00. The van der Waals surface area contributed by atoms with Crippen molar-refractivity contribution in [2.24, 2.45) is 11.7 Å². The average Bonchev–Trinajstić information content (AvgIpc) is 3.05. The topological polar surface area (TPSA) is 49.5 Å². The predicted molar refractivity (Wildman–Crippen MR) is 104 cm³/mol. The van der Waals surface area contributed by atoms with E-state index >= 15 is 0 Å². The first-order chi connectivity index (χ1) is 12.2. The summed E-state index contributed by atoms with van der Waals surface area (Å²) in [5, 5.41) is 13.4. The highest BCUT2D eigenvalue weighted by atomic mass is 16.3. The van der Waals surface area contributed by atoms with E-state index in [4.69, 9.17) is 5.73 Å². The molecule has 0 aromatic heterocycles. The smallest absolute Gasteiger partial charge is 0.0574 e. The Bertz CT molecular complexity index is 711. The van der Waals surface area contributed by atoms with E-state index in [1.54, 1.807) is 0 Å². The SMILES string of the molecule is N[C@H]1CCN(CC(c2cccc3ccccc23)C2CCCCC2O)C1. The fraction of sp³-hybridized carbons (Fsp3) is 0.545. The lowest BCUT2D eigenvalue weighted by atomic mass is 9.74. The first-order valence-electron chi connectivity index (χ1n) is 9.86. The Balaban J connectivity index is 1.70. The maximum absolute atomic E-state index is 10.8. The monoisotopic (exact) mass is 338 g/mol. The number of nitrogens with zero attached hydrogens (tertiary/aromatic N) is 1. The van der Waals surface area contributed by atoms with E-state index in [0.717, 1.165) is 45.3 Å². The third-order valence-electron chi connectivity index (χ3n) is 6.28. The first kappa shape index (κ1) is 17.0. The molecule has 1 aliphatic heterocycles. The number of nitrogens with two attached hydrogens (primary N) is 1. The van der Waals surface area contributed by atoms with Crippen molar-refractivity contribution in [3.8, 4) is 0 Å². The van der Waals surface area contributed by atoms with Crippen molar-refractivity contribution in [1.29, 1.82) is 0 Å². The van der Waals surface area contributed by atoms with Gasteiger partial charge in [-0.15, -0.1) is 0 Å².